The van der Waals surface area contributed by atoms with Crippen molar-refractivity contribution in [1.82, 2.24) is 14.3 Å². The molecular weight excluding hydrogens is 391 g/mol. The summed E-state index contributed by atoms with van der Waals surface area (Å²) in [7, 11) is 5.13. The molecule has 1 aliphatic heterocycles. The van der Waals surface area contributed by atoms with Gasteiger partial charge >= 0.3 is 0 Å². The molecule has 29 heavy (non-hydrogen) atoms. The van der Waals surface area contributed by atoms with Gasteiger partial charge in [0.25, 0.3) is 0 Å². The van der Waals surface area contributed by atoms with E-state index in [-0.39, 0.29) is 5.82 Å². The van der Waals surface area contributed by atoms with Gasteiger partial charge in [-0.2, -0.15) is 4.68 Å². The van der Waals surface area contributed by atoms with Gasteiger partial charge in [-0.3, -0.25) is 0 Å². The van der Waals surface area contributed by atoms with Crippen molar-refractivity contribution in [2.45, 2.75) is 19.6 Å². The highest BCUT2D eigenvalue weighted by Gasteiger charge is 2.24. The van der Waals surface area contributed by atoms with E-state index in [0.717, 1.165) is 31.0 Å². The van der Waals surface area contributed by atoms with E-state index in [4.69, 9.17) is 21.7 Å². The van der Waals surface area contributed by atoms with E-state index in [0.29, 0.717) is 22.8 Å². The van der Waals surface area contributed by atoms with E-state index in [2.05, 4.69) is 17.2 Å². The average molecular weight is 416 g/mol. The molecule has 0 fully saturated rings. The van der Waals surface area contributed by atoms with Gasteiger partial charge in [0.15, 0.2) is 24.0 Å². The van der Waals surface area contributed by atoms with Crippen LogP contribution in [-0.4, -0.2) is 35.1 Å². The van der Waals surface area contributed by atoms with Crippen LogP contribution in [0.4, 0.5) is 4.39 Å². The standard InChI is InChI=1S/C21H23FN4O2S/c1-24-20(16-6-4-5-7-17(16)22)23-26(21(24)29)13-25-9-8-14-10-18(27-2)19(28-3)11-15(14)12-25/h4-7,10-11H,8-9,12-13H2,1-3H3/p+1. The summed E-state index contributed by atoms with van der Waals surface area (Å²) in [6, 6.07) is 10.7. The summed E-state index contributed by atoms with van der Waals surface area (Å²) >= 11 is 5.57. The largest absolute Gasteiger partial charge is 0.493 e. The van der Waals surface area contributed by atoms with Crippen LogP contribution < -0.4 is 14.4 Å². The number of benzene rings is 2. The molecule has 152 valence electrons. The molecule has 0 radical (unpaired) electrons. The third kappa shape index (κ3) is 3.65. The third-order valence-corrected chi connectivity index (χ3v) is 5.91. The monoisotopic (exact) mass is 415 g/mol. The fraction of sp³-hybridized carbons (Fsp3) is 0.333. The minimum atomic E-state index is -0.303. The summed E-state index contributed by atoms with van der Waals surface area (Å²) in [5, 5.41) is 4.62. The minimum absolute atomic E-state index is 0.303. The van der Waals surface area contributed by atoms with Crippen LogP contribution in [-0.2, 0) is 26.7 Å². The van der Waals surface area contributed by atoms with Gasteiger partial charge in [0, 0.05) is 19.0 Å². The predicted octanol–water partition coefficient (Wildman–Crippen LogP) is 2.37. The van der Waals surface area contributed by atoms with Crippen molar-refractivity contribution in [2.75, 3.05) is 20.8 Å². The second kappa shape index (κ2) is 7.96. The molecule has 0 bridgehead atoms. The number of quaternary nitrogens is 1. The lowest BCUT2D eigenvalue weighted by atomic mass is 9.99. The Kier molecular flexibility index (Phi) is 5.38. The number of rotatable bonds is 5. The lowest BCUT2D eigenvalue weighted by molar-refractivity contribution is -0.939. The summed E-state index contributed by atoms with van der Waals surface area (Å²) < 4.78 is 29.2. The molecule has 2 aromatic carbocycles. The Hall–Kier alpha value is -2.71. The van der Waals surface area contributed by atoms with Crippen molar-refractivity contribution >= 4 is 12.2 Å². The summed E-state index contributed by atoms with van der Waals surface area (Å²) in [5.41, 5.74) is 2.97. The zero-order valence-corrected chi connectivity index (χ0v) is 17.6. The number of halogens is 1. The number of nitrogens with one attached hydrogen (secondary N) is 1. The summed E-state index contributed by atoms with van der Waals surface area (Å²) in [5.74, 6) is 1.74. The van der Waals surface area contributed by atoms with Crippen LogP contribution in [0.5, 0.6) is 11.5 Å². The van der Waals surface area contributed by atoms with Crippen molar-refractivity contribution < 1.29 is 18.8 Å². The van der Waals surface area contributed by atoms with E-state index in [1.54, 1.807) is 41.7 Å². The lowest BCUT2D eigenvalue weighted by Crippen LogP contribution is -3.11. The van der Waals surface area contributed by atoms with Gasteiger partial charge in [-0.1, -0.05) is 12.1 Å². The maximum atomic E-state index is 14.2. The first-order valence-electron chi connectivity index (χ1n) is 9.48. The number of aromatic nitrogens is 3. The molecule has 2 heterocycles. The van der Waals surface area contributed by atoms with E-state index in [9.17, 15) is 4.39 Å². The highest BCUT2D eigenvalue weighted by Crippen LogP contribution is 2.31. The summed E-state index contributed by atoms with van der Waals surface area (Å²) in [6.45, 7) is 2.41. The molecule has 6 nitrogen and oxygen atoms in total. The van der Waals surface area contributed by atoms with Crippen molar-refractivity contribution in [3.8, 4) is 22.9 Å². The molecule has 1 aliphatic rings. The first kappa shape index (κ1) is 19.6. The predicted molar refractivity (Wildman–Crippen MR) is 110 cm³/mol. The SMILES string of the molecule is COc1cc2c(cc1OC)C[NH+](Cn1nc(-c3ccccc3F)n(C)c1=S)CC2. The van der Waals surface area contributed by atoms with Crippen LogP contribution in [0.3, 0.4) is 0 Å². The minimum Gasteiger partial charge on any atom is -0.493 e. The normalized spacial score (nSPS) is 15.8. The molecule has 1 N–H and O–H groups in total. The van der Waals surface area contributed by atoms with Crippen molar-refractivity contribution in [3.05, 3.63) is 58.1 Å². The van der Waals surface area contributed by atoms with E-state index in [1.165, 1.54) is 22.1 Å². The third-order valence-electron chi connectivity index (χ3n) is 5.42. The molecular formula is C21H24FN4O2S+. The van der Waals surface area contributed by atoms with Crippen molar-refractivity contribution in [2.24, 2.45) is 7.05 Å². The number of hydrogen-bond donors (Lipinski definition) is 1. The smallest absolute Gasteiger partial charge is 0.202 e. The molecule has 4 rings (SSSR count). The van der Waals surface area contributed by atoms with Gasteiger partial charge in [0.05, 0.1) is 26.3 Å². The Balaban J connectivity index is 1.59. The molecule has 0 spiro atoms. The van der Waals surface area contributed by atoms with Gasteiger partial charge in [-0.15, -0.1) is 5.10 Å². The zero-order chi connectivity index (χ0) is 20.5. The molecule has 1 unspecified atom stereocenters. The lowest BCUT2D eigenvalue weighted by Gasteiger charge is -2.26. The van der Waals surface area contributed by atoms with Gasteiger partial charge in [-0.05, 0) is 42.0 Å². The molecule has 0 saturated carbocycles. The number of methoxy groups -OCH3 is 2. The molecule has 1 aromatic heterocycles. The van der Waals surface area contributed by atoms with E-state index < -0.39 is 0 Å². The number of nitrogens with zero attached hydrogens (tertiary/aromatic N) is 3. The maximum Gasteiger partial charge on any atom is 0.202 e. The Morgan fingerprint density at radius 2 is 1.83 bits per heavy atom. The van der Waals surface area contributed by atoms with Crippen LogP contribution in [0.2, 0.25) is 0 Å². The van der Waals surface area contributed by atoms with Crippen LogP contribution in [0.25, 0.3) is 11.4 Å². The highest BCUT2D eigenvalue weighted by molar-refractivity contribution is 7.71. The zero-order valence-electron chi connectivity index (χ0n) is 16.7. The molecule has 0 aliphatic carbocycles. The second-order valence-electron chi connectivity index (χ2n) is 7.21. The molecule has 8 heteroatoms. The van der Waals surface area contributed by atoms with Gasteiger partial charge in [0.2, 0.25) is 4.77 Å². The quantitative estimate of drug-likeness (QED) is 0.650. The summed E-state index contributed by atoms with van der Waals surface area (Å²) in [4.78, 5) is 1.33. The Bertz CT molecular complexity index is 1110. The van der Waals surface area contributed by atoms with Crippen LogP contribution in [0.1, 0.15) is 11.1 Å². The molecule has 0 amide bonds. The fourth-order valence-corrected chi connectivity index (χ4v) is 4.04. The van der Waals surface area contributed by atoms with Crippen molar-refractivity contribution in [3.63, 3.8) is 0 Å². The second-order valence-corrected chi connectivity index (χ2v) is 7.57. The van der Waals surface area contributed by atoms with Gasteiger partial charge < -0.3 is 18.9 Å². The topological polar surface area (TPSA) is 45.6 Å². The molecule has 3 aromatic rings. The Morgan fingerprint density at radius 1 is 1.14 bits per heavy atom. The Labute approximate surface area is 174 Å². The van der Waals surface area contributed by atoms with Crippen LogP contribution in [0, 0.1) is 10.6 Å². The van der Waals surface area contributed by atoms with Gasteiger partial charge in [0.1, 0.15) is 12.4 Å². The molecule has 0 saturated heterocycles. The first-order valence-corrected chi connectivity index (χ1v) is 9.88. The molecule has 1 atom stereocenters. The number of fused-ring (bicyclic) bond motifs is 1. The number of hydrogen-bond acceptors (Lipinski definition) is 4. The van der Waals surface area contributed by atoms with E-state index in [1.807, 2.05) is 7.05 Å². The summed E-state index contributed by atoms with van der Waals surface area (Å²) in [6.07, 6.45) is 0.936. The maximum absolute atomic E-state index is 14.2. The van der Waals surface area contributed by atoms with Crippen LogP contribution >= 0.6 is 12.2 Å². The number of ether oxygens (including phenoxy) is 2. The van der Waals surface area contributed by atoms with Gasteiger partial charge in [-0.25, -0.2) is 4.39 Å². The van der Waals surface area contributed by atoms with Crippen LogP contribution in [0.15, 0.2) is 36.4 Å². The average Bonchev–Trinajstić information content (AvgIpc) is 3.01. The first-order chi connectivity index (χ1) is 14.0. The van der Waals surface area contributed by atoms with Crippen molar-refractivity contribution in [1.29, 1.82) is 0 Å². The Morgan fingerprint density at radius 3 is 2.52 bits per heavy atom. The highest BCUT2D eigenvalue weighted by atomic mass is 32.1. The van der Waals surface area contributed by atoms with E-state index >= 15 is 0 Å². The fourth-order valence-electron chi connectivity index (χ4n) is 3.84.